The molecule has 0 saturated carbocycles. The van der Waals surface area contributed by atoms with Gasteiger partial charge in [0.25, 0.3) is 0 Å². The average Bonchev–Trinajstić information content (AvgIpc) is 3.09. The molecule has 1 heterocycles. The van der Waals surface area contributed by atoms with E-state index in [1.807, 2.05) is 24.3 Å². The average molecular weight is 409 g/mol. The molecule has 0 saturated heterocycles. The van der Waals surface area contributed by atoms with Gasteiger partial charge in [-0.2, -0.15) is 0 Å². The van der Waals surface area contributed by atoms with Crippen molar-refractivity contribution in [2.24, 2.45) is 0 Å². The van der Waals surface area contributed by atoms with Crippen molar-refractivity contribution in [1.29, 1.82) is 0 Å². The van der Waals surface area contributed by atoms with E-state index in [1.54, 1.807) is 6.20 Å². The largest absolute Gasteiger partial charge is 1.00 e. The number of para-hydroxylation sites is 1. The van der Waals surface area contributed by atoms with E-state index in [4.69, 9.17) is 0 Å². The predicted octanol–water partition coefficient (Wildman–Crippen LogP) is 0.870. The number of carboxylic acids is 1. The number of carbonyl (C=O) groups excluding carboxylic acids is 2. The molecule has 29 heavy (non-hydrogen) atoms. The number of H-pyrrole nitrogens is 1. The second-order valence-corrected chi connectivity index (χ2v) is 7.58. The number of aliphatic carboxylic acids is 1. The molecule has 0 bridgehead atoms. The van der Waals surface area contributed by atoms with Gasteiger partial charge >= 0.3 is 29.6 Å². The van der Waals surface area contributed by atoms with E-state index in [-0.39, 0.29) is 41.9 Å². The van der Waals surface area contributed by atoms with Crippen LogP contribution >= 0.6 is 0 Å². The number of rotatable bonds is 14. The first-order valence-electron chi connectivity index (χ1n) is 10.7. The standard InChI is InChI=1S/C23H34N2O3.Na/c1-2-3-4-5-6-7-8-9-10-15-22(26)25-21(23(27)28)16-18-17-24-20-14-12-11-13-19(18)20;/h11-14,17,21,24H,2-10,15-16H2,1H3,(H,25,26)(H,27,28);/q;+1/p-1. The molecule has 2 aromatic rings. The first kappa shape index (κ1) is 25.7. The monoisotopic (exact) mass is 408 g/mol. The minimum Gasteiger partial charge on any atom is -0.548 e. The molecule has 5 nitrogen and oxygen atoms in total. The van der Waals surface area contributed by atoms with Crippen LogP contribution in [0.4, 0.5) is 0 Å². The number of aromatic amines is 1. The summed E-state index contributed by atoms with van der Waals surface area (Å²) in [6.07, 6.45) is 13.0. The molecule has 0 aliphatic carbocycles. The normalized spacial score (nSPS) is 11.8. The molecule has 1 amide bonds. The van der Waals surface area contributed by atoms with Crippen molar-refractivity contribution in [3.63, 3.8) is 0 Å². The summed E-state index contributed by atoms with van der Waals surface area (Å²) in [5.41, 5.74) is 1.82. The number of carboxylic acid groups (broad SMARTS) is 1. The Bertz CT molecular complexity index is 745. The maximum atomic E-state index is 12.1. The van der Waals surface area contributed by atoms with Gasteiger partial charge in [-0.05, 0) is 18.1 Å². The second-order valence-electron chi connectivity index (χ2n) is 7.58. The van der Waals surface area contributed by atoms with Crippen LogP contribution in [0.15, 0.2) is 30.5 Å². The van der Waals surface area contributed by atoms with Crippen LogP contribution in [0.3, 0.4) is 0 Å². The molecule has 1 aromatic carbocycles. The van der Waals surface area contributed by atoms with Crippen LogP contribution in [0.25, 0.3) is 10.9 Å². The molecule has 0 fully saturated rings. The van der Waals surface area contributed by atoms with Gasteiger partial charge in [0.15, 0.2) is 0 Å². The summed E-state index contributed by atoms with van der Waals surface area (Å²) in [7, 11) is 0. The van der Waals surface area contributed by atoms with Crippen molar-refractivity contribution in [2.45, 2.75) is 83.6 Å². The van der Waals surface area contributed by atoms with Crippen LogP contribution in [-0.2, 0) is 16.0 Å². The first-order valence-corrected chi connectivity index (χ1v) is 10.7. The molecule has 1 aromatic heterocycles. The second kappa shape index (κ2) is 14.6. The number of hydrogen-bond acceptors (Lipinski definition) is 3. The molecule has 0 aliphatic heterocycles. The van der Waals surface area contributed by atoms with E-state index >= 15 is 0 Å². The quantitative estimate of drug-likeness (QED) is 0.359. The zero-order chi connectivity index (χ0) is 20.2. The van der Waals surface area contributed by atoms with E-state index in [9.17, 15) is 14.7 Å². The van der Waals surface area contributed by atoms with E-state index in [2.05, 4.69) is 17.2 Å². The van der Waals surface area contributed by atoms with Crippen LogP contribution in [0.5, 0.6) is 0 Å². The Morgan fingerprint density at radius 2 is 1.62 bits per heavy atom. The van der Waals surface area contributed by atoms with Crippen molar-refractivity contribution in [1.82, 2.24) is 10.3 Å². The van der Waals surface area contributed by atoms with Crippen LogP contribution in [0, 0.1) is 0 Å². The number of hydrogen-bond donors (Lipinski definition) is 2. The molecule has 0 spiro atoms. The van der Waals surface area contributed by atoms with Crippen molar-refractivity contribution in [2.75, 3.05) is 0 Å². The number of carbonyl (C=O) groups is 2. The van der Waals surface area contributed by atoms with Gasteiger partial charge in [0, 0.05) is 29.9 Å². The molecule has 1 atom stereocenters. The van der Waals surface area contributed by atoms with E-state index in [0.29, 0.717) is 6.42 Å². The number of unbranched alkanes of at least 4 members (excludes halogenated alkanes) is 8. The fraction of sp³-hybridized carbons (Fsp3) is 0.565. The summed E-state index contributed by atoms with van der Waals surface area (Å²) in [6, 6.07) is 6.71. The Labute approximate surface area is 196 Å². The molecular weight excluding hydrogens is 375 g/mol. The Balaban J connectivity index is 0.00000420. The minimum atomic E-state index is -1.24. The third-order valence-electron chi connectivity index (χ3n) is 5.23. The van der Waals surface area contributed by atoms with Gasteiger partial charge in [-0.3, -0.25) is 4.79 Å². The molecule has 6 heteroatoms. The van der Waals surface area contributed by atoms with Gasteiger partial charge in [-0.15, -0.1) is 0 Å². The SMILES string of the molecule is CCCCCCCCCCCC(=O)NC(Cc1c[nH]c2ccccc12)C(=O)[O-].[Na+]. The van der Waals surface area contributed by atoms with Gasteiger partial charge in [-0.1, -0.05) is 76.5 Å². The number of aromatic nitrogens is 1. The molecule has 1 unspecified atom stereocenters. The minimum absolute atomic E-state index is 0. The molecule has 154 valence electrons. The van der Waals surface area contributed by atoms with Gasteiger partial charge in [0.05, 0.1) is 12.0 Å². The number of nitrogens with one attached hydrogen (secondary N) is 2. The zero-order valence-corrected chi connectivity index (χ0v) is 20.0. The van der Waals surface area contributed by atoms with Crippen LogP contribution in [0.2, 0.25) is 0 Å². The fourth-order valence-corrected chi connectivity index (χ4v) is 3.58. The maximum Gasteiger partial charge on any atom is 1.00 e. The Hall–Kier alpha value is -1.30. The van der Waals surface area contributed by atoms with E-state index in [1.165, 1.54) is 38.5 Å². The van der Waals surface area contributed by atoms with Crippen LogP contribution < -0.4 is 40.0 Å². The van der Waals surface area contributed by atoms with Crippen LogP contribution in [0.1, 0.15) is 76.7 Å². The van der Waals surface area contributed by atoms with Crippen LogP contribution in [-0.4, -0.2) is 22.9 Å². The smallest absolute Gasteiger partial charge is 0.548 e. The van der Waals surface area contributed by atoms with Gasteiger partial charge in [0.2, 0.25) is 5.91 Å². The Kier molecular flexibility index (Phi) is 13.0. The zero-order valence-electron chi connectivity index (χ0n) is 18.0. The third-order valence-corrected chi connectivity index (χ3v) is 5.23. The van der Waals surface area contributed by atoms with E-state index in [0.717, 1.165) is 35.7 Å². The maximum absolute atomic E-state index is 12.1. The van der Waals surface area contributed by atoms with Crippen molar-refractivity contribution in [3.05, 3.63) is 36.0 Å². The Morgan fingerprint density at radius 1 is 1.00 bits per heavy atom. The summed E-state index contributed by atoms with van der Waals surface area (Å²) in [6.45, 7) is 2.22. The van der Waals surface area contributed by atoms with E-state index < -0.39 is 12.0 Å². The van der Waals surface area contributed by atoms with Crippen molar-refractivity contribution < 1.29 is 44.3 Å². The van der Waals surface area contributed by atoms with Crippen molar-refractivity contribution in [3.8, 4) is 0 Å². The summed E-state index contributed by atoms with van der Waals surface area (Å²) in [5, 5.41) is 15.1. The van der Waals surface area contributed by atoms with Gasteiger partial charge < -0.3 is 20.2 Å². The van der Waals surface area contributed by atoms with Gasteiger partial charge in [0.1, 0.15) is 0 Å². The molecule has 2 N–H and O–H groups in total. The number of fused-ring (bicyclic) bond motifs is 1. The summed E-state index contributed by atoms with van der Waals surface area (Å²) in [5.74, 6) is -1.46. The molecular formula is C23H33N2NaO3. The fourth-order valence-electron chi connectivity index (χ4n) is 3.58. The van der Waals surface area contributed by atoms with Gasteiger partial charge in [-0.25, -0.2) is 0 Å². The van der Waals surface area contributed by atoms with Crippen molar-refractivity contribution >= 4 is 22.8 Å². The molecule has 0 radical (unpaired) electrons. The number of amides is 1. The summed E-state index contributed by atoms with van der Waals surface area (Å²) < 4.78 is 0. The summed E-state index contributed by atoms with van der Waals surface area (Å²) in [4.78, 5) is 26.8. The molecule has 2 rings (SSSR count). The predicted molar refractivity (Wildman–Crippen MR) is 111 cm³/mol. The molecule has 0 aliphatic rings. The third kappa shape index (κ3) is 9.37. The first-order chi connectivity index (χ1) is 13.6. The summed E-state index contributed by atoms with van der Waals surface area (Å²) >= 11 is 0. The Morgan fingerprint density at radius 3 is 2.28 bits per heavy atom. The topological polar surface area (TPSA) is 85.0 Å². The number of benzene rings is 1.